The molecule has 0 aliphatic heterocycles. The Bertz CT molecular complexity index is 486. The molecule has 0 unspecified atom stereocenters. The van der Waals surface area contributed by atoms with Gasteiger partial charge in [-0.05, 0) is 46.6 Å². The van der Waals surface area contributed by atoms with Gasteiger partial charge in [-0.3, -0.25) is 0 Å². The minimum absolute atomic E-state index is 0.0950. The summed E-state index contributed by atoms with van der Waals surface area (Å²) in [4.78, 5) is 11.8. The summed E-state index contributed by atoms with van der Waals surface area (Å²) in [7, 11) is 0. The van der Waals surface area contributed by atoms with Crippen LogP contribution >= 0.6 is 45.6 Å². The van der Waals surface area contributed by atoms with Crippen molar-refractivity contribution in [3.8, 4) is 11.5 Å². The van der Waals surface area contributed by atoms with Crippen molar-refractivity contribution in [2.75, 3.05) is 0 Å². The van der Waals surface area contributed by atoms with Gasteiger partial charge in [-0.25, -0.2) is 4.79 Å². The summed E-state index contributed by atoms with van der Waals surface area (Å²) in [6.07, 6.45) is 3.16. The Kier molecular flexibility index (Phi) is 6.64. The molecule has 0 aliphatic rings. The average Bonchev–Trinajstić information content (AvgIpc) is 2.40. The molecule has 0 aliphatic carbocycles. The molecule has 6 heteroatoms. The van der Waals surface area contributed by atoms with E-state index in [-0.39, 0.29) is 17.1 Å². The van der Waals surface area contributed by atoms with E-state index in [4.69, 9.17) is 0 Å². The largest absolute Gasteiger partial charge is 0.504 e. The van der Waals surface area contributed by atoms with Crippen LogP contribution in [-0.2, 0) is 15.9 Å². The normalized spacial score (nSPS) is 10.5. The molecule has 4 nitrogen and oxygen atoms in total. The molecule has 0 atom stereocenters. The minimum atomic E-state index is -0.620. The number of halogens is 2. The molecule has 0 heterocycles. The zero-order valence-electron chi connectivity index (χ0n) is 10.8. The van der Waals surface area contributed by atoms with Gasteiger partial charge in [0.05, 0.1) is 3.57 Å². The van der Waals surface area contributed by atoms with Crippen molar-refractivity contribution in [3.05, 3.63) is 20.3 Å². The first-order valence-electron chi connectivity index (χ1n) is 6.07. The quantitative estimate of drug-likeness (QED) is 0.482. The number of rotatable bonds is 5. The van der Waals surface area contributed by atoms with E-state index < -0.39 is 5.97 Å². The highest BCUT2D eigenvalue weighted by atomic mass is 127. The fourth-order valence-electron chi connectivity index (χ4n) is 2.09. The summed E-state index contributed by atoms with van der Waals surface area (Å²) in [5.74, 6) is -1.24. The molecule has 19 heavy (non-hydrogen) atoms. The van der Waals surface area contributed by atoms with Gasteiger partial charge < -0.3 is 13.3 Å². The summed E-state index contributed by atoms with van der Waals surface area (Å²) in [5.41, 5.74) is 1.81. The van der Waals surface area contributed by atoms with E-state index in [9.17, 15) is 15.0 Å². The smallest absolute Gasteiger partial charge is 0.351 e. The SMILES string of the molecule is CCCc1c(I)c(O)c(O)c(C(=O)OI)c1CCC. The van der Waals surface area contributed by atoms with Gasteiger partial charge in [-0.1, -0.05) is 26.7 Å². The van der Waals surface area contributed by atoms with Crippen LogP contribution in [0.4, 0.5) is 0 Å². The van der Waals surface area contributed by atoms with Crippen LogP contribution in [0.5, 0.6) is 11.5 Å². The van der Waals surface area contributed by atoms with Crippen molar-refractivity contribution < 1.29 is 18.1 Å². The van der Waals surface area contributed by atoms with Gasteiger partial charge >= 0.3 is 5.97 Å². The molecule has 1 rings (SSSR count). The van der Waals surface area contributed by atoms with Gasteiger partial charge in [0.1, 0.15) is 5.56 Å². The lowest BCUT2D eigenvalue weighted by molar-refractivity contribution is 0.0795. The highest BCUT2D eigenvalue weighted by molar-refractivity contribution is 14.1. The van der Waals surface area contributed by atoms with E-state index in [2.05, 4.69) is 3.07 Å². The molecule has 0 bridgehead atoms. The molecule has 0 radical (unpaired) electrons. The van der Waals surface area contributed by atoms with E-state index in [0.717, 1.165) is 30.4 Å². The van der Waals surface area contributed by atoms with Gasteiger partial charge in [-0.15, -0.1) is 0 Å². The third-order valence-corrected chi connectivity index (χ3v) is 4.44. The Labute approximate surface area is 140 Å². The lowest BCUT2D eigenvalue weighted by Crippen LogP contribution is -2.09. The standard InChI is InChI=1S/C13H16I2O4/c1-3-5-7-8(6-4-2)10(14)12(17)11(16)9(7)13(18)19-15/h16-17H,3-6H2,1-2H3. The molecule has 106 valence electrons. The second-order valence-corrected chi connectivity index (χ2v) is 5.73. The number of benzene rings is 1. The van der Waals surface area contributed by atoms with Gasteiger partial charge in [0.2, 0.25) is 0 Å². The maximum Gasteiger partial charge on any atom is 0.351 e. The molecule has 0 amide bonds. The second-order valence-electron chi connectivity index (χ2n) is 4.21. The van der Waals surface area contributed by atoms with Crippen molar-refractivity contribution in [1.82, 2.24) is 0 Å². The lowest BCUT2D eigenvalue weighted by atomic mass is 9.93. The molecule has 2 N–H and O–H groups in total. The van der Waals surface area contributed by atoms with Crippen LogP contribution in [0.1, 0.15) is 48.2 Å². The Balaban J connectivity index is 3.62. The zero-order chi connectivity index (χ0) is 14.6. The van der Waals surface area contributed by atoms with E-state index >= 15 is 0 Å². The Morgan fingerprint density at radius 2 is 1.63 bits per heavy atom. The fraction of sp³-hybridized carbons (Fsp3) is 0.462. The highest BCUT2D eigenvalue weighted by Crippen LogP contribution is 2.41. The number of hydrogen-bond donors (Lipinski definition) is 2. The predicted molar refractivity (Wildman–Crippen MR) is 89.9 cm³/mol. The molecule has 0 saturated heterocycles. The number of carbonyl (C=O) groups is 1. The Morgan fingerprint density at radius 1 is 1.11 bits per heavy atom. The van der Waals surface area contributed by atoms with Gasteiger partial charge in [-0.2, -0.15) is 0 Å². The van der Waals surface area contributed by atoms with Gasteiger partial charge in [0.25, 0.3) is 0 Å². The van der Waals surface area contributed by atoms with Crippen LogP contribution in [0.2, 0.25) is 0 Å². The third kappa shape index (κ3) is 3.45. The maximum absolute atomic E-state index is 11.8. The first-order valence-corrected chi connectivity index (χ1v) is 8.03. The maximum atomic E-state index is 11.8. The number of carbonyl (C=O) groups excluding carboxylic acids is 1. The first-order chi connectivity index (χ1) is 8.99. The van der Waals surface area contributed by atoms with E-state index in [1.54, 1.807) is 0 Å². The summed E-state index contributed by atoms with van der Waals surface area (Å²) in [5, 5.41) is 20.0. The summed E-state index contributed by atoms with van der Waals surface area (Å²) < 4.78 is 5.31. The number of hydrogen-bond acceptors (Lipinski definition) is 4. The topological polar surface area (TPSA) is 66.8 Å². The summed E-state index contributed by atoms with van der Waals surface area (Å²) >= 11 is 3.50. The average molecular weight is 490 g/mol. The summed E-state index contributed by atoms with van der Waals surface area (Å²) in [6, 6.07) is 0. The van der Waals surface area contributed by atoms with Gasteiger partial charge in [0, 0.05) is 0 Å². The molecule has 0 fully saturated rings. The molecule has 1 aromatic rings. The van der Waals surface area contributed by atoms with Crippen molar-refractivity contribution in [2.45, 2.75) is 39.5 Å². The third-order valence-electron chi connectivity index (χ3n) is 2.87. The van der Waals surface area contributed by atoms with Crippen molar-refractivity contribution in [2.24, 2.45) is 0 Å². The van der Waals surface area contributed by atoms with Gasteiger partial charge in [0.15, 0.2) is 34.5 Å². The van der Waals surface area contributed by atoms with Crippen LogP contribution in [0, 0.1) is 3.57 Å². The minimum Gasteiger partial charge on any atom is -0.504 e. The van der Waals surface area contributed by atoms with E-state index in [0.29, 0.717) is 9.99 Å². The molecular formula is C13H16I2O4. The number of phenolic OH excluding ortho intramolecular Hbond substituents is 2. The van der Waals surface area contributed by atoms with Crippen LogP contribution in [0.3, 0.4) is 0 Å². The van der Waals surface area contributed by atoms with E-state index in [1.807, 2.05) is 36.4 Å². The van der Waals surface area contributed by atoms with Crippen LogP contribution in [-0.4, -0.2) is 16.2 Å². The van der Waals surface area contributed by atoms with E-state index in [1.165, 1.54) is 23.0 Å². The molecule has 1 aromatic carbocycles. The van der Waals surface area contributed by atoms with Crippen LogP contribution in [0.15, 0.2) is 0 Å². The molecule has 0 saturated carbocycles. The zero-order valence-corrected chi connectivity index (χ0v) is 15.1. The number of aromatic hydroxyl groups is 2. The Hall–Kier alpha value is -0.250. The molecular weight excluding hydrogens is 474 g/mol. The number of phenols is 2. The van der Waals surface area contributed by atoms with Crippen molar-refractivity contribution >= 4 is 51.6 Å². The monoisotopic (exact) mass is 490 g/mol. The van der Waals surface area contributed by atoms with Crippen molar-refractivity contribution in [3.63, 3.8) is 0 Å². The highest BCUT2D eigenvalue weighted by Gasteiger charge is 2.26. The van der Waals surface area contributed by atoms with Crippen molar-refractivity contribution in [1.29, 1.82) is 0 Å². The molecule has 0 spiro atoms. The lowest BCUT2D eigenvalue weighted by Gasteiger charge is -2.17. The first kappa shape index (κ1) is 16.8. The van der Waals surface area contributed by atoms with Crippen LogP contribution < -0.4 is 0 Å². The predicted octanol–water partition coefficient (Wildman–Crippen LogP) is 4.11. The molecule has 0 aromatic heterocycles. The Morgan fingerprint density at radius 3 is 2.11 bits per heavy atom. The van der Waals surface area contributed by atoms with Crippen LogP contribution in [0.25, 0.3) is 0 Å². The fourth-order valence-corrected chi connectivity index (χ4v) is 3.16. The second kappa shape index (κ2) is 7.51. The summed E-state index contributed by atoms with van der Waals surface area (Å²) in [6.45, 7) is 4.04.